The van der Waals surface area contributed by atoms with Crippen molar-refractivity contribution >= 4 is 78.5 Å². The lowest BCUT2D eigenvalue weighted by atomic mass is 9.85. The van der Waals surface area contributed by atoms with E-state index in [0.29, 0.717) is 72.2 Å². The molecule has 0 saturated carbocycles. The summed E-state index contributed by atoms with van der Waals surface area (Å²) in [4.78, 5) is 29.0. The Morgan fingerprint density at radius 3 is 1.31 bits per heavy atom. The Hall–Kier alpha value is -3.84. The van der Waals surface area contributed by atoms with Crippen LogP contribution in [0.15, 0.2) is 82.6 Å². The van der Waals surface area contributed by atoms with E-state index in [9.17, 15) is 26.4 Å². The van der Waals surface area contributed by atoms with Crippen molar-refractivity contribution < 1.29 is 45.4 Å². The molecule has 0 saturated heterocycles. The Kier molecular flexibility index (Phi) is 23.7. The molecule has 0 fully saturated rings. The highest BCUT2D eigenvalue weighted by atomic mass is 35.5. The molecule has 4 amide bonds. The van der Waals surface area contributed by atoms with E-state index in [1.54, 1.807) is 76.2 Å². The number of fused-ring (bicyclic) bond motifs is 2. The first-order valence-corrected chi connectivity index (χ1v) is 30.3. The van der Waals surface area contributed by atoms with Crippen molar-refractivity contribution in [3.8, 4) is 0 Å². The molecule has 18 nitrogen and oxygen atoms in total. The Morgan fingerprint density at radius 2 is 0.910 bits per heavy atom. The van der Waals surface area contributed by atoms with E-state index in [2.05, 4.69) is 40.5 Å². The molecule has 0 aromatic heterocycles. The molecular formula is C54H74Cl4N8O10S2. The third kappa shape index (κ3) is 19.4. The summed E-state index contributed by atoms with van der Waals surface area (Å²) in [7, 11) is -3.80. The van der Waals surface area contributed by atoms with Crippen molar-refractivity contribution in [2.75, 3.05) is 106 Å². The third-order valence-electron chi connectivity index (χ3n) is 12.9. The molecule has 430 valence electrons. The summed E-state index contributed by atoms with van der Waals surface area (Å²) in [6, 6.07) is 20.5. The topological polar surface area (TPSA) is 218 Å². The van der Waals surface area contributed by atoms with Gasteiger partial charge in [-0.25, -0.2) is 35.9 Å². The number of halogens is 4. The number of urea groups is 2. The molecule has 0 unspecified atom stereocenters. The first-order chi connectivity index (χ1) is 36.9. The normalized spacial score (nSPS) is 16.3. The monoisotopic (exact) mass is 1200 g/mol. The zero-order valence-electron chi connectivity index (χ0n) is 45.1. The molecule has 78 heavy (non-hydrogen) atoms. The maximum absolute atomic E-state index is 13.6. The van der Waals surface area contributed by atoms with Gasteiger partial charge in [0.05, 0.1) is 73.7 Å². The van der Waals surface area contributed by atoms with Gasteiger partial charge >= 0.3 is 12.1 Å². The van der Waals surface area contributed by atoms with Gasteiger partial charge in [0.25, 0.3) is 0 Å². The highest BCUT2D eigenvalue weighted by molar-refractivity contribution is 7.89. The van der Waals surface area contributed by atoms with Crippen LogP contribution in [0, 0.1) is 0 Å². The average Bonchev–Trinajstić information content (AvgIpc) is 3.56. The van der Waals surface area contributed by atoms with E-state index in [1.807, 2.05) is 38.4 Å². The van der Waals surface area contributed by atoms with Crippen molar-refractivity contribution in [3.05, 3.63) is 126 Å². The van der Waals surface area contributed by atoms with E-state index in [0.717, 1.165) is 33.4 Å². The summed E-state index contributed by atoms with van der Waals surface area (Å²) in [5.41, 5.74) is 3.79. The van der Waals surface area contributed by atoms with E-state index in [-0.39, 0.29) is 99.6 Å². The van der Waals surface area contributed by atoms with E-state index >= 15 is 0 Å². The average molecular weight is 1200 g/mol. The van der Waals surface area contributed by atoms with Crippen LogP contribution in [-0.4, -0.2) is 156 Å². The number of hydrogen-bond donors (Lipinski definition) is 6. The smallest absolute Gasteiger partial charge is 0.314 e. The minimum Gasteiger partial charge on any atom is -0.377 e. The van der Waals surface area contributed by atoms with Gasteiger partial charge in [-0.3, -0.25) is 0 Å². The molecule has 0 bridgehead atoms. The van der Waals surface area contributed by atoms with Gasteiger partial charge in [-0.2, -0.15) is 0 Å². The van der Waals surface area contributed by atoms with Crippen LogP contribution >= 0.6 is 46.4 Å². The number of nitrogens with one attached hydrogen (secondary N) is 6. The predicted molar refractivity (Wildman–Crippen MR) is 306 cm³/mol. The first kappa shape index (κ1) is 63.3. The maximum Gasteiger partial charge on any atom is 0.314 e. The Balaban J connectivity index is 0.743. The molecule has 0 aliphatic carbocycles. The number of unbranched alkanes of at least 4 members (excludes halogenated alkanes) is 1. The van der Waals surface area contributed by atoms with E-state index in [4.69, 9.17) is 65.4 Å². The molecule has 6 rings (SSSR count). The number of carbonyl (C=O) groups is 2. The Bertz CT molecular complexity index is 2710. The van der Waals surface area contributed by atoms with Crippen LogP contribution in [0.5, 0.6) is 0 Å². The summed E-state index contributed by atoms with van der Waals surface area (Å²) in [5.74, 6) is -0.224. The van der Waals surface area contributed by atoms with Crippen molar-refractivity contribution in [2.24, 2.45) is 0 Å². The number of ether oxygens (including phenoxy) is 4. The van der Waals surface area contributed by atoms with Gasteiger partial charge in [-0.1, -0.05) is 70.7 Å². The lowest BCUT2D eigenvalue weighted by Gasteiger charge is -2.33. The summed E-state index contributed by atoms with van der Waals surface area (Å²) < 4.78 is 82.4. The van der Waals surface area contributed by atoms with Crippen molar-refractivity contribution in [2.45, 2.75) is 86.3 Å². The van der Waals surface area contributed by atoms with Crippen LogP contribution in [0.2, 0.25) is 20.1 Å². The van der Waals surface area contributed by atoms with E-state index in [1.165, 1.54) is 0 Å². The fraction of sp³-hybridized carbons (Fsp3) is 0.519. The van der Waals surface area contributed by atoms with Crippen LogP contribution in [0.1, 0.15) is 85.8 Å². The summed E-state index contributed by atoms with van der Waals surface area (Å²) in [5, 5.41) is 13.3. The molecule has 2 heterocycles. The lowest BCUT2D eigenvalue weighted by Crippen LogP contribution is -2.47. The first-order valence-electron chi connectivity index (χ1n) is 25.9. The molecule has 2 atom stereocenters. The number of rotatable bonds is 29. The van der Waals surface area contributed by atoms with Gasteiger partial charge in [0.15, 0.2) is 0 Å². The predicted octanol–water partition coefficient (Wildman–Crippen LogP) is 7.71. The molecule has 2 aliphatic heterocycles. The zero-order chi connectivity index (χ0) is 56.7. The third-order valence-corrected chi connectivity index (χ3v) is 17.4. The van der Waals surface area contributed by atoms with Crippen LogP contribution in [0.25, 0.3) is 0 Å². The van der Waals surface area contributed by atoms with Crippen LogP contribution in [-0.2, 0) is 52.1 Å². The highest BCUT2D eigenvalue weighted by Gasteiger charge is 2.32. The fourth-order valence-corrected chi connectivity index (χ4v) is 13.4. The standard InChI is InChI=1S/C54H74Cl4N8O10S2/c1-53(2,63-77(69,70)41-13-9-11-37(25-41)45-31-65(5)33-47-43(45)27-39(55)29-49(47)57)35-75-23-21-73-19-17-61-51(67)59-15-7-8-16-60-52(68)62-18-20-74-22-24-76-36-54(3,4)64-78(71,72)42-14-10-12-38(26-42)46-32-66(6)34-48-44(46)28-40(56)30-50(48)58/h9-14,25-30,45-46,63-64H,7-8,15-24,31-36H2,1-6H3,(H2,59,61,67)(H2,60,62,68)/t45-,46-/m0/s1. The molecule has 4 aromatic rings. The second kappa shape index (κ2) is 29.2. The second-order valence-corrected chi connectivity index (χ2v) is 26.0. The minimum atomic E-state index is -3.90. The molecule has 0 spiro atoms. The second-order valence-electron chi connectivity index (χ2n) is 20.9. The number of hydrogen-bond acceptors (Lipinski definition) is 12. The van der Waals surface area contributed by atoms with Gasteiger partial charge in [-0.15, -0.1) is 0 Å². The van der Waals surface area contributed by atoms with Crippen molar-refractivity contribution in [1.29, 1.82) is 0 Å². The molecular weight excluding hydrogens is 1130 g/mol. The number of sulfonamides is 2. The van der Waals surface area contributed by atoms with Crippen molar-refractivity contribution in [3.63, 3.8) is 0 Å². The number of amides is 4. The SMILES string of the molecule is CN1Cc2c(Cl)cc(Cl)cc2[C@H](c2cccc(S(=O)(=O)NC(C)(C)COCCOCCNC(=O)NCCCCNC(=O)NCCOCCOCC(C)(C)NS(=O)(=O)c3cccc([C@@H]4CN(C)Cc5c(Cl)cc(Cl)cc54)c3)c2)C1. The van der Waals surface area contributed by atoms with Gasteiger partial charge < -0.3 is 50.0 Å². The van der Waals surface area contributed by atoms with Gasteiger partial charge in [0.1, 0.15) is 0 Å². The molecule has 24 heteroatoms. The molecule has 0 radical (unpaired) electrons. The van der Waals surface area contributed by atoms with Gasteiger partial charge in [-0.05, 0) is 137 Å². The van der Waals surface area contributed by atoms with Gasteiger partial charge in [0.2, 0.25) is 20.0 Å². The Labute approximate surface area is 480 Å². The van der Waals surface area contributed by atoms with Gasteiger partial charge in [0, 0.05) is 84.3 Å². The highest BCUT2D eigenvalue weighted by Crippen LogP contribution is 2.40. The summed E-state index contributed by atoms with van der Waals surface area (Å²) in [6.45, 7) is 12.7. The lowest BCUT2D eigenvalue weighted by molar-refractivity contribution is 0.0313. The summed E-state index contributed by atoms with van der Waals surface area (Å²) in [6.07, 6.45) is 1.29. The Morgan fingerprint density at radius 1 is 0.538 bits per heavy atom. The molecule has 4 aromatic carbocycles. The summed E-state index contributed by atoms with van der Waals surface area (Å²) >= 11 is 25.8. The molecule has 2 aliphatic rings. The van der Waals surface area contributed by atoms with E-state index < -0.39 is 31.1 Å². The van der Waals surface area contributed by atoms with Crippen LogP contribution < -0.4 is 30.7 Å². The number of carbonyl (C=O) groups excluding carboxylic acids is 2. The maximum atomic E-state index is 13.6. The van der Waals surface area contributed by atoms with Crippen LogP contribution in [0.4, 0.5) is 9.59 Å². The largest absolute Gasteiger partial charge is 0.377 e. The number of benzene rings is 4. The quantitative estimate of drug-likeness (QED) is 0.0288. The number of nitrogens with zero attached hydrogens (tertiary/aromatic N) is 2. The van der Waals surface area contributed by atoms with Crippen molar-refractivity contribution in [1.82, 2.24) is 40.5 Å². The molecule has 6 N–H and O–H groups in total. The fourth-order valence-electron chi connectivity index (χ4n) is 9.31. The minimum absolute atomic E-state index is 0.0992. The zero-order valence-corrected chi connectivity index (χ0v) is 49.8. The van der Waals surface area contributed by atoms with Crippen LogP contribution in [0.3, 0.4) is 0 Å². The number of likely N-dealkylation sites (N-methyl/N-ethyl adjacent to an activating group) is 2.